The minimum atomic E-state index is -0.324. The zero-order valence-corrected chi connectivity index (χ0v) is 15.6. The van der Waals surface area contributed by atoms with Gasteiger partial charge in [-0.3, -0.25) is 4.79 Å². The summed E-state index contributed by atoms with van der Waals surface area (Å²) in [5, 5.41) is 6.87. The van der Waals surface area contributed by atoms with Crippen LogP contribution >= 0.6 is 22.7 Å². The number of nitrogens with zero attached hydrogens (tertiary/aromatic N) is 1. The molecule has 26 heavy (non-hydrogen) atoms. The van der Waals surface area contributed by atoms with Crippen molar-refractivity contribution in [3.05, 3.63) is 65.0 Å². The van der Waals surface area contributed by atoms with Crippen molar-refractivity contribution in [3.8, 4) is 21.4 Å². The summed E-state index contributed by atoms with van der Waals surface area (Å²) >= 11 is 3.18. The number of hydrogen-bond acceptors (Lipinski definition) is 6. The largest absolute Gasteiger partial charge is 0.497 e. The van der Waals surface area contributed by atoms with Crippen molar-refractivity contribution < 1.29 is 14.3 Å². The molecule has 0 aliphatic rings. The van der Waals surface area contributed by atoms with Gasteiger partial charge in [0.25, 0.3) is 0 Å². The standard InChI is InChI=1S/C20H15NO3S2/c1-23-16-6-4-13-5-7-17(10-14(13)9-16)24-19(22)11-15-12-26-20(21-15)18-3-2-8-25-18/h2-10,12H,11H2,1H3. The molecule has 0 fully saturated rings. The van der Waals surface area contributed by atoms with Crippen LogP contribution in [0.4, 0.5) is 0 Å². The van der Waals surface area contributed by atoms with Gasteiger partial charge in [0.2, 0.25) is 0 Å². The second kappa shape index (κ2) is 7.27. The molecule has 0 spiro atoms. The molecule has 0 N–H and O–H groups in total. The lowest BCUT2D eigenvalue weighted by molar-refractivity contribution is -0.133. The fourth-order valence-electron chi connectivity index (χ4n) is 2.61. The van der Waals surface area contributed by atoms with Crippen LogP contribution in [0.25, 0.3) is 20.7 Å². The molecule has 4 aromatic rings. The Kier molecular flexibility index (Phi) is 4.69. The molecule has 2 heterocycles. The van der Waals surface area contributed by atoms with Crippen LogP contribution in [0, 0.1) is 0 Å². The van der Waals surface area contributed by atoms with E-state index in [4.69, 9.17) is 9.47 Å². The predicted molar refractivity (Wildman–Crippen MR) is 105 cm³/mol. The molecule has 0 amide bonds. The molecule has 0 unspecified atom stereocenters. The van der Waals surface area contributed by atoms with E-state index in [0.717, 1.165) is 32.1 Å². The molecule has 0 saturated heterocycles. The average molecular weight is 381 g/mol. The Morgan fingerprint density at radius 1 is 1.04 bits per heavy atom. The topological polar surface area (TPSA) is 48.4 Å². The number of benzene rings is 2. The number of thiophene rings is 1. The van der Waals surface area contributed by atoms with Crippen LogP contribution in [0.2, 0.25) is 0 Å². The molecule has 2 aromatic carbocycles. The van der Waals surface area contributed by atoms with E-state index in [-0.39, 0.29) is 12.4 Å². The van der Waals surface area contributed by atoms with E-state index in [1.54, 1.807) is 24.5 Å². The molecule has 0 bridgehead atoms. The van der Waals surface area contributed by atoms with E-state index in [0.29, 0.717) is 5.75 Å². The van der Waals surface area contributed by atoms with Gasteiger partial charge in [-0.1, -0.05) is 18.2 Å². The minimum absolute atomic E-state index is 0.151. The highest BCUT2D eigenvalue weighted by Gasteiger charge is 2.12. The highest BCUT2D eigenvalue weighted by atomic mass is 32.1. The van der Waals surface area contributed by atoms with Gasteiger partial charge in [-0.15, -0.1) is 22.7 Å². The molecular formula is C20H15NO3S2. The number of thiazole rings is 1. The highest BCUT2D eigenvalue weighted by Crippen LogP contribution is 2.28. The number of aromatic nitrogens is 1. The van der Waals surface area contributed by atoms with Gasteiger partial charge in [0.1, 0.15) is 16.5 Å². The first-order valence-electron chi connectivity index (χ1n) is 7.98. The van der Waals surface area contributed by atoms with Crippen LogP contribution in [0.15, 0.2) is 59.3 Å². The second-order valence-corrected chi connectivity index (χ2v) is 7.45. The van der Waals surface area contributed by atoms with E-state index in [1.165, 1.54) is 11.3 Å². The highest BCUT2D eigenvalue weighted by molar-refractivity contribution is 7.20. The van der Waals surface area contributed by atoms with Crippen molar-refractivity contribution >= 4 is 39.4 Å². The van der Waals surface area contributed by atoms with Gasteiger partial charge in [-0.25, -0.2) is 4.98 Å². The lowest BCUT2D eigenvalue weighted by Gasteiger charge is -2.06. The van der Waals surface area contributed by atoms with Crippen molar-refractivity contribution in [2.24, 2.45) is 0 Å². The van der Waals surface area contributed by atoms with Crippen LogP contribution in [0.1, 0.15) is 5.69 Å². The Balaban J connectivity index is 1.47. The van der Waals surface area contributed by atoms with E-state index in [1.807, 2.05) is 53.2 Å². The molecule has 0 atom stereocenters. The van der Waals surface area contributed by atoms with E-state index < -0.39 is 0 Å². The number of methoxy groups -OCH3 is 1. The maximum atomic E-state index is 12.3. The van der Waals surface area contributed by atoms with Crippen molar-refractivity contribution in [2.45, 2.75) is 6.42 Å². The monoisotopic (exact) mass is 381 g/mol. The predicted octanol–water partition coefficient (Wildman–Crippen LogP) is 5.18. The summed E-state index contributed by atoms with van der Waals surface area (Å²) in [5.41, 5.74) is 0.728. The molecule has 0 aliphatic carbocycles. The summed E-state index contributed by atoms with van der Waals surface area (Å²) in [4.78, 5) is 17.9. The number of carbonyl (C=O) groups excluding carboxylic acids is 1. The number of rotatable bonds is 5. The van der Waals surface area contributed by atoms with Crippen molar-refractivity contribution in [1.29, 1.82) is 0 Å². The lowest BCUT2D eigenvalue weighted by Crippen LogP contribution is -2.11. The fraction of sp³-hybridized carbons (Fsp3) is 0.100. The lowest BCUT2D eigenvalue weighted by atomic mass is 10.1. The number of esters is 1. The quantitative estimate of drug-likeness (QED) is 0.353. The zero-order chi connectivity index (χ0) is 17.9. The van der Waals surface area contributed by atoms with Gasteiger partial charge in [0.15, 0.2) is 0 Å². The van der Waals surface area contributed by atoms with Crippen LogP contribution in [0.3, 0.4) is 0 Å². The first kappa shape index (κ1) is 16.8. The van der Waals surface area contributed by atoms with Gasteiger partial charge < -0.3 is 9.47 Å². The number of fused-ring (bicyclic) bond motifs is 1. The Morgan fingerprint density at radius 2 is 1.85 bits per heavy atom. The normalized spacial score (nSPS) is 10.8. The van der Waals surface area contributed by atoms with E-state index in [9.17, 15) is 4.79 Å². The van der Waals surface area contributed by atoms with Gasteiger partial charge >= 0.3 is 5.97 Å². The molecule has 4 rings (SSSR count). The van der Waals surface area contributed by atoms with Crippen molar-refractivity contribution in [2.75, 3.05) is 7.11 Å². The van der Waals surface area contributed by atoms with Gasteiger partial charge in [-0.05, 0) is 46.5 Å². The van der Waals surface area contributed by atoms with Gasteiger partial charge in [0, 0.05) is 5.38 Å². The average Bonchev–Trinajstić information content (AvgIpc) is 3.32. The third kappa shape index (κ3) is 3.61. The Bertz CT molecular complexity index is 1050. The smallest absolute Gasteiger partial charge is 0.317 e. The Morgan fingerprint density at radius 3 is 2.62 bits per heavy atom. The first-order valence-corrected chi connectivity index (χ1v) is 9.74. The van der Waals surface area contributed by atoms with E-state index >= 15 is 0 Å². The molecule has 0 saturated carbocycles. The first-order chi connectivity index (χ1) is 12.7. The zero-order valence-electron chi connectivity index (χ0n) is 14.0. The Hall–Kier alpha value is -2.70. The Labute approximate surface area is 158 Å². The summed E-state index contributed by atoms with van der Waals surface area (Å²) in [6.07, 6.45) is 0.151. The molecule has 6 heteroatoms. The third-order valence-electron chi connectivity index (χ3n) is 3.86. The molecule has 130 valence electrons. The van der Waals surface area contributed by atoms with E-state index in [2.05, 4.69) is 4.98 Å². The van der Waals surface area contributed by atoms with Crippen LogP contribution in [0.5, 0.6) is 11.5 Å². The van der Waals surface area contributed by atoms with Crippen molar-refractivity contribution in [3.63, 3.8) is 0 Å². The van der Waals surface area contributed by atoms with Crippen LogP contribution < -0.4 is 9.47 Å². The van der Waals surface area contributed by atoms with Crippen LogP contribution in [-0.4, -0.2) is 18.1 Å². The molecular weight excluding hydrogens is 366 g/mol. The second-order valence-electron chi connectivity index (χ2n) is 5.65. The maximum absolute atomic E-state index is 12.3. The van der Waals surface area contributed by atoms with Crippen molar-refractivity contribution in [1.82, 2.24) is 4.98 Å². The SMILES string of the molecule is COc1ccc2ccc(OC(=O)Cc3csc(-c4cccs4)n3)cc2c1. The summed E-state index contributed by atoms with van der Waals surface area (Å²) in [7, 11) is 1.63. The number of ether oxygens (including phenoxy) is 2. The molecule has 4 nitrogen and oxygen atoms in total. The van der Waals surface area contributed by atoms with Gasteiger partial charge in [0.05, 0.1) is 24.1 Å². The fourth-order valence-corrected chi connectivity index (χ4v) is 4.24. The molecule has 2 aromatic heterocycles. The van der Waals surface area contributed by atoms with Gasteiger partial charge in [-0.2, -0.15) is 0 Å². The summed E-state index contributed by atoms with van der Waals surface area (Å²) < 4.78 is 10.7. The third-order valence-corrected chi connectivity index (χ3v) is 5.79. The summed E-state index contributed by atoms with van der Waals surface area (Å²) in [6, 6.07) is 15.4. The number of hydrogen-bond donors (Lipinski definition) is 0. The maximum Gasteiger partial charge on any atom is 0.317 e. The molecule has 0 radical (unpaired) electrons. The van der Waals surface area contributed by atoms with Crippen LogP contribution in [-0.2, 0) is 11.2 Å². The summed E-state index contributed by atoms with van der Waals surface area (Å²) in [6.45, 7) is 0. The molecule has 0 aliphatic heterocycles. The number of carbonyl (C=O) groups is 1. The minimum Gasteiger partial charge on any atom is -0.497 e. The summed E-state index contributed by atoms with van der Waals surface area (Å²) in [5.74, 6) is 0.962.